The summed E-state index contributed by atoms with van der Waals surface area (Å²) in [5.74, 6) is -2.63. The summed E-state index contributed by atoms with van der Waals surface area (Å²) in [6.07, 6.45) is -1.69. The van der Waals surface area contributed by atoms with Gasteiger partial charge in [0.15, 0.2) is 0 Å². The van der Waals surface area contributed by atoms with Gasteiger partial charge in [0, 0.05) is 0 Å². The number of hydrogen-bond acceptors (Lipinski definition) is 2. The average molecular weight is 302 g/mol. The van der Waals surface area contributed by atoms with E-state index in [1.165, 1.54) is 12.1 Å². The molecule has 1 aromatic carbocycles. The molecular formula is C15H17F3O3. The van der Waals surface area contributed by atoms with Crippen molar-refractivity contribution in [1.29, 1.82) is 0 Å². The van der Waals surface area contributed by atoms with E-state index < -0.39 is 29.2 Å². The summed E-state index contributed by atoms with van der Waals surface area (Å²) < 4.78 is 38.3. The summed E-state index contributed by atoms with van der Waals surface area (Å²) in [5.41, 5.74) is -2.37. The fraction of sp³-hybridized carbons (Fsp3) is 0.533. The Morgan fingerprint density at radius 1 is 1.19 bits per heavy atom. The normalized spacial score (nSPS) is 20.0. The molecule has 0 radical (unpaired) electrons. The molecule has 0 amide bonds. The number of alkyl halides is 3. The van der Waals surface area contributed by atoms with Crippen molar-refractivity contribution in [1.82, 2.24) is 0 Å². The molecule has 116 valence electrons. The Morgan fingerprint density at radius 3 is 2.33 bits per heavy atom. The second kappa shape index (κ2) is 5.67. The lowest BCUT2D eigenvalue weighted by Crippen LogP contribution is -2.42. The van der Waals surface area contributed by atoms with Crippen molar-refractivity contribution < 1.29 is 28.2 Å². The van der Waals surface area contributed by atoms with Gasteiger partial charge >= 0.3 is 12.1 Å². The molecule has 1 unspecified atom stereocenters. The van der Waals surface area contributed by atoms with Crippen LogP contribution in [0.5, 0.6) is 0 Å². The van der Waals surface area contributed by atoms with Gasteiger partial charge in [-0.3, -0.25) is 4.79 Å². The molecule has 1 saturated carbocycles. The summed E-state index contributed by atoms with van der Waals surface area (Å²) >= 11 is 0. The molecule has 0 heterocycles. The van der Waals surface area contributed by atoms with Gasteiger partial charge in [0.25, 0.3) is 0 Å². The minimum atomic E-state index is -4.53. The monoisotopic (exact) mass is 302 g/mol. The molecule has 1 atom stereocenters. The van der Waals surface area contributed by atoms with Gasteiger partial charge < -0.3 is 10.2 Å². The van der Waals surface area contributed by atoms with Gasteiger partial charge in [-0.2, -0.15) is 13.2 Å². The first kappa shape index (κ1) is 15.8. The first-order chi connectivity index (χ1) is 9.74. The van der Waals surface area contributed by atoms with Crippen LogP contribution in [0, 0.1) is 0 Å². The highest BCUT2D eigenvalue weighted by atomic mass is 19.4. The maximum absolute atomic E-state index is 12.8. The van der Waals surface area contributed by atoms with Crippen LogP contribution in [0.4, 0.5) is 13.2 Å². The van der Waals surface area contributed by atoms with Gasteiger partial charge in [-0.15, -0.1) is 0 Å². The van der Waals surface area contributed by atoms with Crippen molar-refractivity contribution in [2.24, 2.45) is 0 Å². The van der Waals surface area contributed by atoms with E-state index in [2.05, 4.69) is 0 Å². The van der Waals surface area contributed by atoms with Gasteiger partial charge in [0.05, 0.1) is 11.2 Å². The summed E-state index contributed by atoms with van der Waals surface area (Å²) in [4.78, 5) is 11.5. The molecule has 1 aliphatic carbocycles. The van der Waals surface area contributed by atoms with Crippen molar-refractivity contribution in [3.63, 3.8) is 0 Å². The van der Waals surface area contributed by atoms with Crippen LogP contribution in [0.15, 0.2) is 24.3 Å². The molecule has 0 spiro atoms. The van der Waals surface area contributed by atoms with E-state index in [0.29, 0.717) is 25.7 Å². The van der Waals surface area contributed by atoms with Gasteiger partial charge in [-0.25, -0.2) is 0 Å². The highest BCUT2D eigenvalue weighted by Crippen LogP contribution is 2.41. The van der Waals surface area contributed by atoms with Crippen LogP contribution in [0.2, 0.25) is 0 Å². The molecule has 1 aromatic rings. The van der Waals surface area contributed by atoms with E-state index in [4.69, 9.17) is 0 Å². The zero-order valence-electron chi connectivity index (χ0n) is 11.4. The summed E-state index contributed by atoms with van der Waals surface area (Å²) in [7, 11) is 0. The number of benzene rings is 1. The molecule has 21 heavy (non-hydrogen) atoms. The second-order valence-electron chi connectivity index (χ2n) is 5.56. The first-order valence-corrected chi connectivity index (χ1v) is 6.86. The molecule has 1 fully saturated rings. The number of carboxylic acids is 1. The summed E-state index contributed by atoms with van der Waals surface area (Å²) in [6, 6.07) is 4.24. The van der Waals surface area contributed by atoms with Crippen molar-refractivity contribution in [2.45, 2.75) is 49.8 Å². The number of aliphatic carboxylic acids is 1. The highest BCUT2D eigenvalue weighted by molar-refractivity contribution is 5.78. The fourth-order valence-corrected chi connectivity index (χ4v) is 3.03. The molecule has 0 aliphatic heterocycles. The van der Waals surface area contributed by atoms with E-state index in [1.54, 1.807) is 0 Å². The molecule has 1 aliphatic rings. The summed E-state index contributed by atoms with van der Waals surface area (Å²) in [6.45, 7) is 0. The van der Waals surface area contributed by atoms with Crippen LogP contribution < -0.4 is 0 Å². The minimum Gasteiger partial charge on any atom is -0.481 e. The number of rotatable bonds is 3. The molecule has 3 nitrogen and oxygen atoms in total. The van der Waals surface area contributed by atoms with Crippen LogP contribution in [0.3, 0.4) is 0 Å². The molecule has 0 aromatic heterocycles. The zero-order chi connectivity index (χ0) is 15.7. The standard InChI is InChI=1S/C15H17F3O3/c16-15(17,18)11-6-4-5-10(9-11)12(13(19)20)14(21)7-2-1-3-8-14/h4-6,9,12,21H,1-3,7-8H2,(H,19,20). The average Bonchev–Trinajstić information content (AvgIpc) is 2.38. The maximum Gasteiger partial charge on any atom is 0.416 e. The zero-order valence-corrected chi connectivity index (χ0v) is 11.4. The second-order valence-corrected chi connectivity index (χ2v) is 5.56. The Balaban J connectivity index is 2.41. The van der Waals surface area contributed by atoms with Crippen LogP contribution >= 0.6 is 0 Å². The van der Waals surface area contributed by atoms with Crippen LogP contribution in [0.1, 0.15) is 49.1 Å². The van der Waals surface area contributed by atoms with E-state index >= 15 is 0 Å². The van der Waals surface area contributed by atoms with Gasteiger partial charge in [0.1, 0.15) is 5.92 Å². The number of hydrogen-bond donors (Lipinski definition) is 2. The van der Waals surface area contributed by atoms with Gasteiger partial charge in [-0.05, 0) is 24.5 Å². The van der Waals surface area contributed by atoms with E-state index in [1.807, 2.05) is 0 Å². The lowest BCUT2D eigenvalue weighted by Gasteiger charge is -2.37. The molecule has 2 rings (SSSR count). The number of aliphatic hydroxyl groups is 1. The van der Waals surface area contributed by atoms with Crippen molar-refractivity contribution in [3.05, 3.63) is 35.4 Å². The third-order valence-corrected chi connectivity index (χ3v) is 4.05. The minimum absolute atomic E-state index is 0.00160. The molecule has 2 N–H and O–H groups in total. The van der Waals surface area contributed by atoms with Crippen molar-refractivity contribution in [3.8, 4) is 0 Å². The van der Waals surface area contributed by atoms with Crippen molar-refractivity contribution >= 4 is 5.97 Å². The highest BCUT2D eigenvalue weighted by Gasteiger charge is 2.44. The molecule has 0 bridgehead atoms. The van der Waals surface area contributed by atoms with E-state index in [9.17, 15) is 28.2 Å². The lowest BCUT2D eigenvalue weighted by atomic mass is 9.72. The molecule has 6 heteroatoms. The fourth-order valence-electron chi connectivity index (χ4n) is 3.03. The lowest BCUT2D eigenvalue weighted by molar-refractivity contribution is -0.148. The van der Waals surface area contributed by atoms with Crippen LogP contribution in [0.25, 0.3) is 0 Å². The van der Waals surface area contributed by atoms with E-state index in [0.717, 1.165) is 18.6 Å². The Hall–Kier alpha value is -1.56. The Kier molecular flexibility index (Phi) is 4.27. The smallest absolute Gasteiger partial charge is 0.416 e. The number of carbonyl (C=O) groups is 1. The van der Waals surface area contributed by atoms with Crippen LogP contribution in [-0.4, -0.2) is 21.8 Å². The predicted octanol–water partition coefficient (Wildman–Crippen LogP) is 3.57. The quantitative estimate of drug-likeness (QED) is 0.897. The largest absolute Gasteiger partial charge is 0.481 e. The predicted molar refractivity (Wildman–Crippen MR) is 69.9 cm³/mol. The number of halogens is 3. The number of carboxylic acid groups (broad SMARTS) is 1. The van der Waals surface area contributed by atoms with Crippen LogP contribution in [-0.2, 0) is 11.0 Å². The molecule has 0 saturated heterocycles. The SMILES string of the molecule is O=C(O)C(c1cccc(C(F)(F)F)c1)C1(O)CCCCC1. The third kappa shape index (κ3) is 3.37. The van der Waals surface area contributed by atoms with Gasteiger partial charge in [0.2, 0.25) is 0 Å². The molecular weight excluding hydrogens is 285 g/mol. The topological polar surface area (TPSA) is 57.5 Å². The van der Waals surface area contributed by atoms with Crippen molar-refractivity contribution in [2.75, 3.05) is 0 Å². The van der Waals surface area contributed by atoms with Gasteiger partial charge in [-0.1, -0.05) is 37.5 Å². The van der Waals surface area contributed by atoms with E-state index in [-0.39, 0.29) is 5.56 Å². The third-order valence-electron chi connectivity index (χ3n) is 4.05. The Morgan fingerprint density at radius 2 is 1.81 bits per heavy atom. The first-order valence-electron chi connectivity index (χ1n) is 6.86. The summed E-state index contributed by atoms with van der Waals surface area (Å²) in [5, 5.41) is 20.0. The Labute approximate surface area is 120 Å². The Bertz CT molecular complexity index is 519. The maximum atomic E-state index is 12.8.